The highest BCUT2D eigenvalue weighted by Crippen LogP contribution is 2.25. The van der Waals surface area contributed by atoms with Crippen molar-refractivity contribution < 1.29 is 9.59 Å². The molecule has 5 aromatic rings. The number of Topliss-reactive ketones (excluding diaryl/α,β-unsaturated/α-hetero) is 1. The third-order valence-corrected chi connectivity index (χ3v) is 6.77. The maximum Gasteiger partial charge on any atom is 0.263 e. The molecule has 0 bridgehead atoms. The van der Waals surface area contributed by atoms with Crippen LogP contribution in [0.5, 0.6) is 0 Å². The predicted octanol–water partition coefficient (Wildman–Crippen LogP) is 4.60. The number of fused-ring (bicyclic) bond motifs is 2. The molecule has 0 radical (unpaired) electrons. The lowest BCUT2D eigenvalue weighted by molar-refractivity contribution is -0.121. The molecule has 3 heterocycles. The smallest absolute Gasteiger partial charge is 0.263 e. The highest BCUT2D eigenvalue weighted by atomic mass is 16.2. The lowest BCUT2D eigenvalue weighted by atomic mass is 9.96. The second-order valence-electron chi connectivity index (χ2n) is 9.77. The maximum atomic E-state index is 14.1. The quantitative estimate of drug-likeness (QED) is 0.347. The van der Waals surface area contributed by atoms with E-state index in [4.69, 9.17) is 0 Å². The predicted molar refractivity (Wildman–Crippen MR) is 147 cm³/mol. The van der Waals surface area contributed by atoms with E-state index in [1.54, 1.807) is 34.5 Å². The zero-order chi connectivity index (χ0) is 27.0. The number of aryl methyl sites for hydroxylation is 1. The second kappa shape index (κ2) is 10.0. The minimum Gasteiger partial charge on any atom is -0.344 e. The molecule has 0 aliphatic rings. The van der Waals surface area contributed by atoms with Crippen molar-refractivity contribution in [2.45, 2.75) is 40.2 Å². The second-order valence-corrected chi connectivity index (χ2v) is 9.77. The van der Waals surface area contributed by atoms with Gasteiger partial charge < -0.3 is 5.32 Å². The van der Waals surface area contributed by atoms with Crippen molar-refractivity contribution in [2.24, 2.45) is 5.92 Å². The van der Waals surface area contributed by atoms with Crippen LogP contribution in [0.25, 0.3) is 22.1 Å². The van der Waals surface area contributed by atoms with Crippen LogP contribution in [-0.4, -0.2) is 30.9 Å². The molecule has 0 aliphatic carbocycles. The fourth-order valence-corrected chi connectivity index (χ4v) is 4.76. The van der Waals surface area contributed by atoms with E-state index in [-0.39, 0.29) is 29.6 Å². The summed E-state index contributed by atoms with van der Waals surface area (Å²) < 4.78 is 3.20. The number of nitrogens with zero attached hydrogens (tertiary/aromatic N) is 4. The average Bonchev–Trinajstić information content (AvgIpc) is 3.24. The number of ketones is 1. The number of para-hydroxylation sites is 1. The standard InChI is InChI=1S/C30H29N5O3/c1-18(2)25(36)17-22-11-8-10-21-16-24(35(30(38)27(21)22)23-12-6-5-7-13-23)19(3)32-29(37)26-20(4)33-34-15-9-14-31-28(26)34/h5-16,18-19H,17H2,1-4H3,(H,32,37)/t19-/m0/s1. The summed E-state index contributed by atoms with van der Waals surface area (Å²) in [5.74, 6) is -0.383. The van der Waals surface area contributed by atoms with Crippen molar-refractivity contribution in [2.75, 3.05) is 0 Å². The number of amides is 1. The van der Waals surface area contributed by atoms with Crippen molar-refractivity contribution in [1.29, 1.82) is 0 Å². The number of rotatable bonds is 7. The maximum absolute atomic E-state index is 14.1. The Kier molecular flexibility index (Phi) is 6.63. The molecule has 0 unspecified atom stereocenters. The van der Waals surface area contributed by atoms with Gasteiger partial charge in [0.2, 0.25) is 0 Å². The van der Waals surface area contributed by atoms with Crippen molar-refractivity contribution in [1.82, 2.24) is 24.5 Å². The molecule has 8 nitrogen and oxygen atoms in total. The molecule has 0 fully saturated rings. The van der Waals surface area contributed by atoms with E-state index in [2.05, 4.69) is 15.4 Å². The summed E-state index contributed by atoms with van der Waals surface area (Å²) in [6, 6.07) is 18.0. The summed E-state index contributed by atoms with van der Waals surface area (Å²) in [5, 5.41) is 8.67. The summed E-state index contributed by atoms with van der Waals surface area (Å²) in [6.07, 6.45) is 3.55. The molecule has 2 aromatic carbocycles. The third-order valence-electron chi connectivity index (χ3n) is 6.77. The average molecular weight is 508 g/mol. The normalized spacial score (nSPS) is 12.2. The largest absolute Gasteiger partial charge is 0.344 e. The Morgan fingerprint density at radius 2 is 1.76 bits per heavy atom. The molecule has 0 saturated heterocycles. The van der Waals surface area contributed by atoms with E-state index >= 15 is 0 Å². The van der Waals surface area contributed by atoms with Gasteiger partial charge in [0.1, 0.15) is 11.3 Å². The van der Waals surface area contributed by atoms with Gasteiger partial charge in [-0.1, -0.05) is 50.2 Å². The number of benzene rings is 2. The first kappa shape index (κ1) is 25.1. The van der Waals surface area contributed by atoms with E-state index < -0.39 is 6.04 Å². The first-order valence-electron chi connectivity index (χ1n) is 12.6. The van der Waals surface area contributed by atoms with Crippen LogP contribution < -0.4 is 10.9 Å². The third kappa shape index (κ3) is 4.49. The van der Waals surface area contributed by atoms with Gasteiger partial charge in [-0.05, 0) is 49.1 Å². The number of hydrogen-bond acceptors (Lipinski definition) is 5. The molecular formula is C30H29N5O3. The molecule has 38 heavy (non-hydrogen) atoms. The highest BCUT2D eigenvalue weighted by molar-refractivity contribution is 6.01. The van der Waals surface area contributed by atoms with Gasteiger partial charge in [0, 0.05) is 36.1 Å². The van der Waals surface area contributed by atoms with Gasteiger partial charge in [0.15, 0.2) is 5.65 Å². The fourth-order valence-electron chi connectivity index (χ4n) is 4.76. The van der Waals surface area contributed by atoms with Gasteiger partial charge in [-0.25, -0.2) is 9.50 Å². The Bertz CT molecular complexity index is 1730. The fraction of sp³-hybridized carbons (Fsp3) is 0.233. The molecule has 0 spiro atoms. The van der Waals surface area contributed by atoms with Crippen LogP contribution in [0, 0.1) is 12.8 Å². The van der Waals surface area contributed by atoms with Crippen LogP contribution in [0.4, 0.5) is 0 Å². The zero-order valence-corrected chi connectivity index (χ0v) is 21.8. The number of nitrogens with one attached hydrogen (secondary N) is 1. The zero-order valence-electron chi connectivity index (χ0n) is 21.8. The SMILES string of the molecule is Cc1nn2cccnc2c1C(=O)N[C@@H](C)c1cc2cccc(CC(=O)C(C)C)c2c(=O)n1-c1ccccc1. The first-order valence-corrected chi connectivity index (χ1v) is 12.6. The van der Waals surface area contributed by atoms with E-state index in [0.717, 1.165) is 5.39 Å². The van der Waals surface area contributed by atoms with Crippen molar-refractivity contribution >= 4 is 28.1 Å². The Hall–Kier alpha value is -4.59. The molecule has 3 aromatic heterocycles. The molecule has 8 heteroatoms. The minimum atomic E-state index is -0.529. The number of aromatic nitrogens is 4. The summed E-state index contributed by atoms with van der Waals surface area (Å²) >= 11 is 0. The van der Waals surface area contributed by atoms with Gasteiger partial charge in [-0.15, -0.1) is 0 Å². The van der Waals surface area contributed by atoms with Gasteiger partial charge in [0.05, 0.1) is 17.1 Å². The molecule has 5 rings (SSSR count). The molecule has 0 saturated carbocycles. The van der Waals surface area contributed by atoms with E-state index in [0.29, 0.717) is 39.2 Å². The van der Waals surface area contributed by atoms with Crippen molar-refractivity contribution in [3.05, 3.63) is 106 Å². The minimum absolute atomic E-state index is 0.0743. The Labute approximate surface area is 220 Å². The lowest BCUT2D eigenvalue weighted by Crippen LogP contribution is -2.32. The molecule has 192 valence electrons. The summed E-state index contributed by atoms with van der Waals surface area (Å²) in [7, 11) is 0. The summed E-state index contributed by atoms with van der Waals surface area (Å²) in [6.45, 7) is 7.33. The Morgan fingerprint density at radius 3 is 2.50 bits per heavy atom. The Balaban J connectivity index is 1.63. The van der Waals surface area contributed by atoms with Crippen LogP contribution in [0.15, 0.2) is 77.9 Å². The highest BCUT2D eigenvalue weighted by Gasteiger charge is 2.24. The number of carbonyl (C=O) groups excluding carboxylic acids is 2. The van der Waals surface area contributed by atoms with Gasteiger partial charge >= 0.3 is 0 Å². The molecule has 0 aliphatic heterocycles. The van der Waals surface area contributed by atoms with Gasteiger partial charge in [-0.3, -0.25) is 19.0 Å². The van der Waals surface area contributed by atoms with Crippen LogP contribution in [0.2, 0.25) is 0 Å². The molecular weight excluding hydrogens is 478 g/mol. The number of carbonyl (C=O) groups is 2. The molecule has 1 atom stereocenters. The summed E-state index contributed by atoms with van der Waals surface area (Å²) in [4.78, 5) is 44.4. The van der Waals surface area contributed by atoms with Crippen LogP contribution in [0.1, 0.15) is 54.1 Å². The van der Waals surface area contributed by atoms with Crippen molar-refractivity contribution in [3.8, 4) is 5.69 Å². The van der Waals surface area contributed by atoms with E-state index in [1.807, 2.05) is 75.4 Å². The van der Waals surface area contributed by atoms with Crippen LogP contribution in [0.3, 0.4) is 0 Å². The molecule has 1 amide bonds. The van der Waals surface area contributed by atoms with Gasteiger partial charge in [-0.2, -0.15) is 5.10 Å². The first-order chi connectivity index (χ1) is 18.3. The van der Waals surface area contributed by atoms with E-state index in [9.17, 15) is 14.4 Å². The van der Waals surface area contributed by atoms with Gasteiger partial charge in [0.25, 0.3) is 11.5 Å². The molecule has 1 N–H and O–H groups in total. The number of pyridine rings is 1. The lowest BCUT2D eigenvalue weighted by Gasteiger charge is -2.21. The monoisotopic (exact) mass is 507 g/mol. The topological polar surface area (TPSA) is 98.4 Å². The van der Waals surface area contributed by atoms with Crippen LogP contribution >= 0.6 is 0 Å². The summed E-state index contributed by atoms with van der Waals surface area (Å²) in [5.41, 5.74) is 3.19. The Morgan fingerprint density at radius 1 is 1.00 bits per heavy atom. The van der Waals surface area contributed by atoms with Crippen molar-refractivity contribution in [3.63, 3.8) is 0 Å². The van der Waals surface area contributed by atoms with Crippen LogP contribution in [-0.2, 0) is 11.2 Å². The van der Waals surface area contributed by atoms with E-state index in [1.165, 1.54) is 0 Å². The number of hydrogen-bond donors (Lipinski definition) is 1.